The van der Waals surface area contributed by atoms with Gasteiger partial charge in [0.25, 0.3) is 0 Å². The Kier molecular flexibility index (Phi) is 3.66. The Bertz CT molecular complexity index is 838. The predicted octanol–water partition coefficient (Wildman–Crippen LogP) is 0.894. The molecule has 4 rings (SSSR count). The second-order valence-corrected chi connectivity index (χ2v) is 8.15. The van der Waals surface area contributed by atoms with Crippen LogP contribution in [-0.4, -0.2) is 53.7 Å². The zero-order chi connectivity index (χ0) is 16.8. The molecule has 4 heterocycles. The molecule has 2 aromatic rings. The first-order valence-corrected chi connectivity index (χ1v) is 9.29. The molecule has 2 aliphatic rings. The van der Waals surface area contributed by atoms with Gasteiger partial charge in [0.1, 0.15) is 4.90 Å². The van der Waals surface area contributed by atoms with E-state index in [1.165, 1.54) is 10.5 Å². The van der Waals surface area contributed by atoms with Crippen molar-refractivity contribution in [1.29, 1.82) is 0 Å². The van der Waals surface area contributed by atoms with Crippen molar-refractivity contribution in [3.63, 3.8) is 0 Å². The molecule has 0 unspecified atom stereocenters. The van der Waals surface area contributed by atoms with Crippen LogP contribution in [0.15, 0.2) is 33.8 Å². The molecule has 2 fully saturated rings. The van der Waals surface area contributed by atoms with E-state index >= 15 is 0 Å². The summed E-state index contributed by atoms with van der Waals surface area (Å²) >= 11 is 0. The van der Waals surface area contributed by atoms with Gasteiger partial charge in [-0.15, -0.1) is 10.2 Å². The molecule has 0 N–H and O–H groups in total. The van der Waals surface area contributed by atoms with Gasteiger partial charge >= 0.3 is 0 Å². The summed E-state index contributed by atoms with van der Waals surface area (Å²) in [5.74, 6) is 0.936. The first kappa shape index (κ1) is 15.7. The van der Waals surface area contributed by atoms with Gasteiger partial charge in [-0.05, 0) is 25.0 Å². The minimum atomic E-state index is -3.61. The average Bonchev–Trinajstić information content (AvgIpc) is 3.21. The molecule has 0 amide bonds. The van der Waals surface area contributed by atoms with Crippen molar-refractivity contribution in [3.8, 4) is 0 Å². The minimum Gasteiger partial charge on any atom is -0.425 e. The first-order valence-electron chi connectivity index (χ1n) is 7.85. The summed E-state index contributed by atoms with van der Waals surface area (Å²) in [5, 5.41) is 8.07. The van der Waals surface area contributed by atoms with Gasteiger partial charge in [-0.1, -0.05) is 0 Å². The van der Waals surface area contributed by atoms with Gasteiger partial charge in [0, 0.05) is 39.0 Å². The third kappa shape index (κ3) is 2.35. The first-order chi connectivity index (χ1) is 11.5. The number of piperidine rings is 1. The number of aromatic nitrogens is 3. The number of ether oxygens (including phenoxy) is 1. The van der Waals surface area contributed by atoms with E-state index in [4.69, 9.17) is 9.15 Å². The van der Waals surface area contributed by atoms with E-state index < -0.39 is 15.4 Å². The quantitative estimate of drug-likeness (QED) is 0.811. The summed E-state index contributed by atoms with van der Waals surface area (Å²) in [6.07, 6.45) is 4.09. The van der Waals surface area contributed by atoms with Crippen LogP contribution in [0.4, 0.5) is 0 Å². The van der Waals surface area contributed by atoms with Crippen LogP contribution in [0.2, 0.25) is 0 Å². The van der Waals surface area contributed by atoms with Crippen LogP contribution in [0.1, 0.15) is 24.6 Å². The summed E-state index contributed by atoms with van der Waals surface area (Å²) in [7, 11) is -3.61. The van der Waals surface area contributed by atoms with Gasteiger partial charge in [0.15, 0.2) is 0 Å². The lowest BCUT2D eigenvalue weighted by Crippen LogP contribution is -2.54. The van der Waals surface area contributed by atoms with E-state index in [9.17, 15) is 8.42 Å². The molecule has 0 bridgehead atoms. The van der Waals surface area contributed by atoms with E-state index in [0.29, 0.717) is 37.8 Å². The van der Waals surface area contributed by atoms with Gasteiger partial charge < -0.3 is 9.15 Å². The summed E-state index contributed by atoms with van der Waals surface area (Å²) in [6.45, 7) is 2.96. The van der Waals surface area contributed by atoms with E-state index in [2.05, 4.69) is 15.2 Å². The summed E-state index contributed by atoms with van der Waals surface area (Å²) in [4.78, 5) is 4.11. The predicted molar refractivity (Wildman–Crippen MR) is 82.7 cm³/mol. The Balaban J connectivity index is 1.71. The van der Waals surface area contributed by atoms with Crippen LogP contribution < -0.4 is 0 Å². The second-order valence-electron chi connectivity index (χ2n) is 6.21. The highest BCUT2D eigenvalue weighted by Crippen LogP contribution is 2.44. The van der Waals surface area contributed by atoms with Crippen LogP contribution in [0, 0.1) is 6.92 Å². The van der Waals surface area contributed by atoms with E-state index in [0.717, 1.165) is 0 Å². The zero-order valence-corrected chi connectivity index (χ0v) is 14.1. The second kappa shape index (κ2) is 5.61. The van der Waals surface area contributed by atoms with Crippen molar-refractivity contribution in [2.24, 2.45) is 0 Å². The Morgan fingerprint density at radius 2 is 2.25 bits per heavy atom. The minimum absolute atomic E-state index is 0.0994. The highest BCUT2D eigenvalue weighted by Gasteiger charge is 2.54. The van der Waals surface area contributed by atoms with Crippen molar-refractivity contribution < 1.29 is 17.6 Å². The van der Waals surface area contributed by atoms with Crippen LogP contribution >= 0.6 is 0 Å². The van der Waals surface area contributed by atoms with Gasteiger partial charge in [-0.3, -0.25) is 4.98 Å². The Labute approximate surface area is 139 Å². The van der Waals surface area contributed by atoms with E-state index in [1.54, 1.807) is 25.3 Å². The molecule has 128 valence electrons. The lowest BCUT2D eigenvalue weighted by Gasteiger charge is -2.40. The molecule has 2 saturated heterocycles. The van der Waals surface area contributed by atoms with Crippen molar-refractivity contribution in [1.82, 2.24) is 19.5 Å². The lowest BCUT2D eigenvalue weighted by atomic mass is 9.77. The number of hydrogen-bond donors (Lipinski definition) is 0. The third-order valence-electron chi connectivity index (χ3n) is 4.81. The maximum Gasteiger partial charge on any atom is 0.244 e. The molecule has 24 heavy (non-hydrogen) atoms. The van der Waals surface area contributed by atoms with Gasteiger partial charge in [-0.2, -0.15) is 4.31 Å². The molecule has 0 saturated carbocycles. The molecule has 9 heteroatoms. The molecule has 0 spiro atoms. The number of fused-ring (bicyclic) bond motifs is 1. The standard InChI is InChI=1S/C15H18N4O4S/c1-11-17-18-14(23-11)15-5-8-22-13(15)4-7-19(10-15)24(20,21)12-3-2-6-16-9-12/h2-3,6,9,13H,4-5,7-8,10H2,1H3/t13-,15-/m1/s1. The van der Waals surface area contributed by atoms with Gasteiger partial charge in [-0.25, -0.2) is 8.42 Å². The fraction of sp³-hybridized carbons (Fsp3) is 0.533. The van der Waals surface area contributed by atoms with E-state index in [1.807, 2.05) is 0 Å². The van der Waals surface area contributed by atoms with Gasteiger partial charge in [0.05, 0.1) is 11.5 Å². The molecule has 8 nitrogen and oxygen atoms in total. The number of rotatable bonds is 3. The fourth-order valence-corrected chi connectivity index (χ4v) is 5.05. The zero-order valence-electron chi connectivity index (χ0n) is 13.3. The number of pyridine rings is 1. The largest absolute Gasteiger partial charge is 0.425 e. The molecule has 0 radical (unpaired) electrons. The van der Waals surface area contributed by atoms with Crippen molar-refractivity contribution >= 4 is 10.0 Å². The van der Waals surface area contributed by atoms with Crippen LogP contribution in [0.3, 0.4) is 0 Å². The molecular weight excluding hydrogens is 332 g/mol. The molecule has 0 aliphatic carbocycles. The monoisotopic (exact) mass is 350 g/mol. The Hall–Kier alpha value is -1.84. The molecule has 2 aromatic heterocycles. The summed E-state index contributed by atoms with van der Waals surface area (Å²) in [5.41, 5.74) is -0.575. The van der Waals surface area contributed by atoms with E-state index in [-0.39, 0.29) is 17.5 Å². The van der Waals surface area contributed by atoms with Gasteiger partial charge in [0.2, 0.25) is 21.8 Å². The number of hydrogen-bond acceptors (Lipinski definition) is 7. The Morgan fingerprint density at radius 3 is 2.96 bits per heavy atom. The maximum absolute atomic E-state index is 12.9. The summed E-state index contributed by atoms with van der Waals surface area (Å²) in [6, 6.07) is 3.18. The highest BCUT2D eigenvalue weighted by atomic mass is 32.2. The van der Waals surface area contributed by atoms with Crippen molar-refractivity contribution in [2.75, 3.05) is 19.7 Å². The SMILES string of the molecule is Cc1nnc([C@@]23CCO[C@@H]2CCN(S(=O)(=O)c2cccnc2)C3)o1. The molecular formula is C15H18N4O4S. The highest BCUT2D eigenvalue weighted by molar-refractivity contribution is 7.89. The maximum atomic E-state index is 12.9. The lowest BCUT2D eigenvalue weighted by molar-refractivity contribution is 0.0295. The van der Waals surface area contributed by atoms with Crippen LogP contribution in [-0.2, 0) is 20.2 Å². The third-order valence-corrected chi connectivity index (χ3v) is 6.64. The van der Waals surface area contributed by atoms with Crippen LogP contribution in [0.5, 0.6) is 0 Å². The number of aryl methyl sites for hydroxylation is 1. The van der Waals surface area contributed by atoms with Crippen molar-refractivity contribution in [3.05, 3.63) is 36.3 Å². The summed E-state index contributed by atoms with van der Waals surface area (Å²) < 4.78 is 38.8. The smallest absolute Gasteiger partial charge is 0.244 e. The molecule has 2 aliphatic heterocycles. The fourth-order valence-electron chi connectivity index (χ4n) is 3.56. The normalized spacial score (nSPS) is 28.0. The van der Waals surface area contributed by atoms with Crippen molar-refractivity contribution in [2.45, 2.75) is 36.2 Å². The van der Waals surface area contributed by atoms with Crippen LogP contribution in [0.25, 0.3) is 0 Å². The average molecular weight is 350 g/mol. The topological polar surface area (TPSA) is 98.4 Å². The number of nitrogens with zero attached hydrogens (tertiary/aromatic N) is 4. The number of sulfonamides is 1. The molecule has 0 aromatic carbocycles. The Morgan fingerprint density at radius 1 is 1.38 bits per heavy atom. The molecule has 2 atom stereocenters.